The first kappa shape index (κ1) is 28.1. The van der Waals surface area contributed by atoms with E-state index in [9.17, 15) is 9.90 Å². The molecule has 0 aromatic heterocycles. The quantitative estimate of drug-likeness (QED) is 0.166. The van der Waals surface area contributed by atoms with Gasteiger partial charge >= 0.3 is 5.97 Å². The normalized spacial score (nSPS) is 10.7. The summed E-state index contributed by atoms with van der Waals surface area (Å²) in [4.78, 5) is 11.7. The van der Waals surface area contributed by atoms with Gasteiger partial charge in [0, 0.05) is 0 Å². The van der Waals surface area contributed by atoms with Crippen molar-refractivity contribution in [3.8, 4) is 17.2 Å². The van der Waals surface area contributed by atoms with Crippen molar-refractivity contribution in [1.82, 2.24) is 0 Å². The van der Waals surface area contributed by atoms with Crippen LogP contribution in [-0.2, 0) is 6.61 Å². The second kappa shape index (κ2) is 17.1. The average Bonchev–Trinajstić information content (AvgIpc) is 2.93. The van der Waals surface area contributed by atoms with Gasteiger partial charge in [0.05, 0.1) is 13.2 Å². The molecule has 37 heavy (non-hydrogen) atoms. The molecule has 0 saturated carbocycles. The fourth-order valence-electron chi connectivity index (χ4n) is 4.14. The summed E-state index contributed by atoms with van der Waals surface area (Å²) in [5.41, 5.74) is 1.11. The number of rotatable bonds is 19. The maximum absolute atomic E-state index is 11.7. The number of ether oxygens (including phenoxy) is 3. The first-order chi connectivity index (χ1) is 18.2. The van der Waals surface area contributed by atoms with Gasteiger partial charge < -0.3 is 19.3 Å². The maximum atomic E-state index is 11.7. The molecule has 3 rings (SSSR count). The summed E-state index contributed by atoms with van der Waals surface area (Å²) in [6.45, 7) is 1.72. The average molecular weight is 505 g/mol. The number of carboxylic acid groups (broad SMARTS) is 1. The number of hydrogen-bond acceptors (Lipinski definition) is 4. The van der Waals surface area contributed by atoms with Crippen LogP contribution in [-0.4, -0.2) is 24.3 Å². The minimum absolute atomic E-state index is 0.122. The van der Waals surface area contributed by atoms with Crippen LogP contribution in [0.1, 0.15) is 80.1 Å². The van der Waals surface area contributed by atoms with Gasteiger partial charge in [-0.25, -0.2) is 4.79 Å². The Kier molecular flexibility index (Phi) is 13.0. The van der Waals surface area contributed by atoms with Crippen LogP contribution >= 0.6 is 0 Å². The van der Waals surface area contributed by atoms with Gasteiger partial charge in [0.2, 0.25) is 0 Å². The van der Waals surface area contributed by atoms with Gasteiger partial charge in [0.1, 0.15) is 29.4 Å². The molecule has 0 aliphatic rings. The highest BCUT2D eigenvalue weighted by Gasteiger charge is 2.13. The van der Waals surface area contributed by atoms with Gasteiger partial charge in [-0.3, -0.25) is 0 Å². The Morgan fingerprint density at radius 3 is 1.65 bits per heavy atom. The molecule has 1 N–H and O–H groups in total. The predicted molar refractivity (Wildman–Crippen MR) is 148 cm³/mol. The number of unbranched alkanes of at least 4 members (excludes halogenated alkanes) is 9. The van der Waals surface area contributed by atoms with Crippen LogP contribution in [0.3, 0.4) is 0 Å². The lowest BCUT2D eigenvalue weighted by Gasteiger charge is -2.12. The Labute approximate surface area is 221 Å². The van der Waals surface area contributed by atoms with Crippen LogP contribution in [0.25, 0.3) is 0 Å². The van der Waals surface area contributed by atoms with Crippen molar-refractivity contribution in [2.75, 3.05) is 13.2 Å². The van der Waals surface area contributed by atoms with E-state index in [1.165, 1.54) is 44.9 Å². The van der Waals surface area contributed by atoms with Crippen molar-refractivity contribution in [2.24, 2.45) is 0 Å². The van der Waals surface area contributed by atoms with Gasteiger partial charge in [-0.1, -0.05) is 99.9 Å². The molecule has 5 heteroatoms. The standard InChI is InChI=1S/C32H40O5/c33-32(34)30-25-29(21-22-31(30)37-26-27-17-11-9-12-18-27)36-24-16-8-6-4-2-1-3-5-7-15-23-35-28-19-13-10-14-20-28/h9-14,17-22,25H,1-8,15-16,23-24,26H2,(H,33,34). The van der Waals surface area contributed by atoms with Gasteiger partial charge in [-0.05, 0) is 48.7 Å². The van der Waals surface area contributed by atoms with E-state index in [2.05, 4.69) is 0 Å². The second-order valence-electron chi connectivity index (χ2n) is 9.28. The number of carboxylic acids is 1. The Balaban J connectivity index is 1.18. The summed E-state index contributed by atoms with van der Waals surface area (Å²) in [6, 6.07) is 24.7. The van der Waals surface area contributed by atoms with Crippen molar-refractivity contribution < 1.29 is 24.1 Å². The maximum Gasteiger partial charge on any atom is 0.339 e. The number of carbonyl (C=O) groups is 1. The third-order valence-electron chi connectivity index (χ3n) is 6.24. The van der Waals surface area contributed by atoms with Gasteiger partial charge in [0.25, 0.3) is 0 Å². The van der Waals surface area contributed by atoms with Gasteiger partial charge in [-0.2, -0.15) is 0 Å². The van der Waals surface area contributed by atoms with E-state index < -0.39 is 5.97 Å². The Morgan fingerprint density at radius 2 is 1.08 bits per heavy atom. The van der Waals surface area contributed by atoms with Crippen LogP contribution in [0.15, 0.2) is 78.9 Å². The number of para-hydroxylation sites is 1. The van der Waals surface area contributed by atoms with Crippen LogP contribution < -0.4 is 14.2 Å². The molecule has 198 valence electrons. The van der Waals surface area contributed by atoms with E-state index >= 15 is 0 Å². The summed E-state index contributed by atoms with van der Waals surface area (Å²) >= 11 is 0. The van der Waals surface area contributed by atoms with Crippen LogP contribution in [0.2, 0.25) is 0 Å². The topological polar surface area (TPSA) is 65.0 Å². The number of benzene rings is 3. The summed E-state index contributed by atoms with van der Waals surface area (Å²) in [5, 5.41) is 9.57. The Hall–Kier alpha value is -3.47. The monoisotopic (exact) mass is 504 g/mol. The first-order valence-corrected chi connectivity index (χ1v) is 13.6. The third-order valence-corrected chi connectivity index (χ3v) is 6.24. The molecule has 0 heterocycles. The largest absolute Gasteiger partial charge is 0.494 e. The molecule has 0 fully saturated rings. The highest BCUT2D eigenvalue weighted by molar-refractivity contribution is 5.91. The molecule has 5 nitrogen and oxygen atoms in total. The second-order valence-corrected chi connectivity index (χ2v) is 9.28. The Bertz CT molecular complexity index is 1020. The SMILES string of the molecule is O=C(O)c1cc(OCCCCCCCCCCCCOc2ccccc2)ccc1OCc1ccccc1. The van der Waals surface area contributed by atoms with Crippen molar-refractivity contribution in [2.45, 2.75) is 70.8 Å². The van der Waals surface area contributed by atoms with E-state index in [-0.39, 0.29) is 5.56 Å². The zero-order valence-corrected chi connectivity index (χ0v) is 21.8. The van der Waals surface area contributed by atoms with Crippen LogP contribution in [0.4, 0.5) is 0 Å². The molecule has 0 amide bonds. The van der Waals surface area contributed by atoms with Crippen molar-refractivity contribution in [1.29, 1.82) is 0 Å². The highest BCUT2D eigenvalue weighted by atomic mass is 16.5. The zero-order valence-electron chi connectivity index (χ0n) is 21.8. The van der Waals surface area contributed by atoms with Crippen LogP contribution in [0.5, 0.6) is 17.2 Å². The summed E-state index contributed by atoms with van der Waals surface area (Å²) in [5.74, 6) is 0.858. The molecule has 0 bridgehead atoms. The van der Waals surface area contributed by atoms with Gasteiger partial charge in [-0.15, -0.1) is 0 Å². The van der Waals surface area contributed by atoms with Crippen molar-refractivity contribution in [3.63, 3.8) is 0 Å². The molecule has 0 atom stereocenters. The molecule has 0 aliphatic carbocycles. The lowest BCUT2D eigenvalue weighted by Crippen LogP contribution is -2.05. The van der Waals surface area contributed by atoms with E-state index in [1.807, 2.05) is 60.7 Å². The molecular weight excluding hydrogens is 464 g/mol. The van der Waals surface area contributed by atoms with Crippen LogP contribution in [0, 0.1) is 0 Å². The molecule has 3 aromatic carbocycles. The molecule has 3 aromatic rings. The molecule has 0 unspecified atom stereocenters. The van der Waals surface area contributed by atoms with Gasteiger partial charge in [0.15, 0.2) is 0 Å². The molecule has 0 radical (unpaired) electrons. The number of hydrogen-bond donors (Lipinski definition) is 1. The lowest BCUT2D eigenvalue weighted by molar-refractivity contribution is 0.0691. The highest BCUT2D eigenvalue weighted by Crippen LogP contribution is 2.25. The fourth-order valence-corrected chi connectivity index (χ4v) is 4.14. The molecule has 0 saturated heterocycles. The molecule has 0 aliphatic heterocycles. The van der Waals surface area contributed by atoms with E-state index in [0.717, 1.165) is 37.2 Å². The first-order valence-electron chi connectivity index (χ1n) is 13.6. The van der Waals surface area contributed by atoms with E-state index in [0.29, 0.717) is 24.7 Å². The minimum atomic E-state index is -1.02. The lowest BCUT2D eigenvalue weighted by atomic mass is 10.1. The van der Waals surface area contributed by atoms with Crippen molar-refractivity contribution >= 4 is 5.97 Å². The molecule has 0 spiro atoms. The van der Waals surface area contributed by atoms with E-state index in [1.54, 1.807) is 18.2 Å². The zero-order chi connectivity index (χ0) is 26.0. The van der Waals surface area contributed by atoms with Crippen molar-refractivity contribution in [3.05, 3.63) is 90.0 Å². The predicted octanol–water partition coefficient (Wildman–Crippen LogP) is 8.32. The fraction of sp³-hybridized carbons (Fsp3) is 0.406. The Morgan fingerprint density at radius 1 is 0.568 bits per heavy atom. The summed E-state index contributed by atoms with van der Waals surface area (Å²) in [6.07, 6.45) is 12.1. The van der Waals surface area contributed by atoms with E-state index in [4.69, 9.17) is 14.2 Å². The number of aromatic carboxylic acids is 1. The smallest absolute Gasteiger partial charge is 0.339 e. The molecular formula is C32H40O5. The summed E-state index contributed by atoms with van der Waals surface area (Å²) in [7, 11) is 0. The summed E-state index contributed by atoms with van der Waals surface area (Å²) < 4.78 is 17.3. The third kappa shape index (κ3) is 11.4. The minimum Gasteiger partial charge on any atom is -0.494 e.